The number of nitrogens with zero attached hydrogens (tertiary/aromatic N) is 1. The Labute approximate surface area is 139 Å². The quantitative estimate of drug-likeness (QED) is 0.841. The highest BCUT2D eigenvalue weighted by molar-refractivity contribution is 5.84. The van der Waals surface area contributed by atoms with Crippen molar-refractivity contribution in [2.75, 3.05) is 0 Å². The number of carbonyl (C=O) groups is 1. The summed E-state index contributed by atoms with van der Waals surface area (Å²) in [5.74, 6) is 0.178. The number of benzene rings is 1. The third kappa shape index (κ3) is 5.20. The molecule has 23 heavy (non-hydrogen) atoms. The van der Waals surface area contributed by atoms with Gasteiger partial charge in [-0.2, -0.15) is 0 Å². The van der Waals surface area contributed by atoms with E-state index in [1.807, 2.05) is 18.2 Å². The highest BCUT2D eigenvalue weighted by Crippen LogP contribution is 2.24. The third-order valence-corrected chi connectivity index (χ3v) is 4.09. The Morgan fingerprint density at radius 1 is 1.09 bits per heavy atom. The average Bonchev–Trinajstić information content (AvgIpc) is 2.54. The number of nitrogens with one attached hydrogen (secondary N) is 1. The van der Waals surface area contributed by atoms with Crippen LogP contribution in [0.15, 0.2) is 54.9 Å². The second-order valence-corrected chi connectivity index (χ2v) is 6.44. The first-order chi connectivity index (χ1) is 11.1. The fourth-order valence-corrected chi connectivity index (χ4v) is 2.83. The van der Waals surface area contributed by atoms with Gasteiger partial charge in [0.2, 0.25) is 5.91 Å². The lowest BCUT2D eigenvalue weighted by molar-refractivity contribution is -0.124. The Kier molecular flexibility index (Phi) is 6.33. The Hall–Kier alpha value is -2.16. The molecule has 1 N–H and O–H groups in total. The molecule has 1 aromatic carbocycles. The summed E-state index contributed by atoms with van der Waals surface area (Å²) in [7, 11) is 0. The standard InChI is InChI=1S/C20H26N2O/c1-15(2)19(18-10-7-13-21-14-18)20(23)22-16(3)11-12-17-8-5-4-6-9-17/h4-10,13-16,19H,11-12H2,1-3H3,(H,22,23). The summed E-state index contributed by atoms with van der Waals surface area (Å²) in [6, 6.07) is 14.4. The number of carbonyl (C=O) groups excluding carboxylic acids is 1. The van der Waals surface area contributed by atoms with Gasteiger partial charge in [0.05, 0.1) is 5.92 Å². The first-order valence-corrected chi connectivity index (χ1v) is 8.32. The zero-order chi connectivity index (χ0) is 16.7. The predicted molar refractivity (Wildman–Crippen MR) is 94.2 cm³/mol. The van der Waals surface area contributed by atoms with Gasteiger partial charge in [-0.1, -0.05) is 50.2 Å². The molecule has 0 bridgehead atoms. The van der Waals surface area contributed by atoms with Crippen LogP contribution in [-0.4, -0.2) is 16.9 Å². The molecule has 2 unspecified atom stereocenters. The minimum Gasteiger partial charge on any atom is -0.353 e. The molecule has 3 heteroatoms. The molecule has 2 rings (SSSR count). The number of hydrogen-bond donors (Lipinski definition) is 1. The van der Waals surface area contributed by atoms with Crippen molar-refractivity contribution < 1.29 is 4.79 Å². The first-order valence-electron chi connectivity index (χ1n) is 8.32. The van der Waals surface area contributed by atoms with Gasteiger partial charge in [-0.15, -0.1) is 0 Å². The molecule has 2 aromatic rings. The van der Waals surface area contributed by atoms with E-state index in [4.69, 9.17) is 0 Å². The molecule has 1 heterocycles. The number of hydrogen-bond acceptors (Lipinski definition) is 2. The van der Waals surface area contributed by atoms with Crippen molar-refractivity contribution in [3.05, 3.63) is 66.0 Å². The van der Waals surface area contributed by atoms with E-state index in [0.29, 0.717) is 0 Å². The first kappa shape index (κ1) is 17.2. The van der Waals surface area contributed by atoms with E-state index in [0.717, 1.165) is 18.4 Å². The molecule has 0 saturated carbocycles. The highest BCUT2D eigenvalue weighted by Gasteiger charge is 2.25. The van der Waals surface area contributed by atoms with Crippen molar-refractivity contribution in [2.24, 2.45) is 5.92 Å². The van der Waals surface area contributed by atoms with Crippen LogP contribution in [0, 0.1) is 5.92 Å². The molecule has 0 fully saturated rings. The maximum Gasteiger partial charge on any atom is 0.228 e. The van der Waals surface area contributed by atoms with Crippen molar-refractivity contribution in [3.8, 4) is 0 Å². The van der Waals surface area contributed by atoms with Crippen molar-refractivity contribution in [1.29, 1.82) is 0 Å². The van der Waals surface area contributed by atoms with E-state index in [9.17, 15) is 4.79 Å². The molecule has 1 aromatic heterocycles. The summed E-state index contributed by atoms with van der Waals surface area (Å²) < 4.78 is 0. The summed E-state index contributed by atoms with van der Waals surface area (Å²) >= 11 is 0. The number of amides is 1. The van der Waals surface area contributed by atoms with Crippen molar-refractivity contribution in [1.82, 2.24) is 10.3 Å². The summed E-state index contributed by atoms with van der Waals surface area (Å²) in [5, 5.41) is 3.16. The third-order valence-electron chi connectivity index (χ3n) is 4.09. The van der Waals surface area contributed by atoms with Crippen LogP contribution in [0.4, 0.5) is 0 Å². The fourth-order valence-electron chi connectivity index (χ4n) is 2.83. The second kappa shape index (κ2) is 8.47. The average molecular weight is 310 g/mol. The van der Waals surface area contributed by atoms with Gasteiger partial charge in [-0.3, -0.25) is 9.78 Å². The fraction of sp³-hybridized carbons (Fsp3) is 0.400. The van der Waals surface area contributed by atoms with Gasteiger partial charge in [0, 0.05) is 18.4 Å². The van der Waals surface area contributed by atoms with E-state index in [2.05, 4.69) is 55.3 Å². The molecule has 2 atom stereocenters. The minimum absolute atomic E-state index is 0.0913. The van der Waals surface area contributed by atoms with Crippen LogP contribution < -0.4 is 5.32 Å². The van der Waals surface area contributed by atoms with Crippen LogP contribution in [0.3, 0.4) is 0 Å². The molecular formula is C20H26N2O. The topological polar surface area (TPSA) is 42.0 Å². The van der Waals surface area contributed by atoms with E-state index >= 15 is 0 Å². The number of pyridine rings is 1. The maximum atomic E-state index is 12.7. The molecule has 0 aliphatic heterocycles. The van der Waals surface area contributed by atoms with Gasteiger partial charge in [0.1, 0.15) is 0 Å². The van der Waals surface area contributed by atoms with Gasteiger partial charge < -0.3 is 5.32 Å². The SMILES string of the molecule is CC(CCc1ccccc1)NC(=O)C(c1cccnc1)C(C)C. The summed E-state index contributed by atoms with van der Waals surface area (Å²) in [6.45, 7) is 6.22. The van der Waals surface area contributed by atoms with Crippen LogP contribution in [0.25, 0.3) is 0 Å². The van der Waals surface area contributed by atoms with E-state index < -0.39 is 0 Å². The zero-order valence-corrected chi connectivity index (χ0v) is 14.2. The lowest BCUT2D eigenvalue weighted by atomic mass is 9.88. The second-order valence-electron chi connectivity index (χ2n) is 6.44. The zero-order valence-electron chi connectivity index (χ0n) is 14.2. The minimum atomic E-state index is -0.150. The Morgan fingerprint density at radius 2 is 1.83 bits per heavy atom. The lowest BCUT2D eigenvalue weighted by Crippen LogP contribution is -2.38. The molecule has 3 nitrogen and oxygen atoms in total. The normalized spacial score (nSPS) is 13.6. The number of rotatable bonds is 7. The summed E-state index contributed by atoms with van der Waals surface area (Å²) in [4.78, 5) is 16.8. The Balaban J connectivity index is 1.93. The Morgan fingerprint density at radius 3 is 2.43 bits per heavy atom. The molecule has 0 aliphatic carbocycles. The van der Waals surface area contributed by atoms with Crippen LogP contribution >= 0.6 is 0 Å². The van der Waals surface area contributed by atoms with Gasteiger partial charge in [-0.25, -0.2) is 0 Å². The number of aryl methyl sites for hydroxylation is 1. The highest BCUT2D eigenvalue weighted by atomic mass is 16.1. The van der Waals surface area contributed by atoms with Crippen LogP contribution in [0.5, 0.6) is 0 Å². The molecule has 0 radical (unpaired) electrons. The van der Waals surface area contributed by atoms with Crippen molar-refractivity contribution in [3.63, 3.8) is 0 Å². The van der Waals surface area contributed by atoms with Gasteiger partial charge >= 0.3 is 0 Å². The molecule has 0 saturated heterocycles. The smallest absolute Gasteiger partial charge is 0.228 e. The maximum absolute atomic E-state index is 12.7. The Bertz CT molecular complexity index is 596. The van der Waals surface area contributed by atoms with Gasteiger partial charge in [0.15, 0.2) is 0 Å². The summed E-state index contributed by atoms with van der Waals surface area (Å²) in [5.41, 5.74) is 2.29. The molecule has 122 valence electrons. The van der Waals surface area contributed by atoms with Crippen LogP contribution in [0.2, 0.25) is 0 Å². The largest absolute Gasteiger partial charge is 0.353 e. The molecule has 0 spiro atoms. The molecule has 1 amide bonds. The molecular weight excluding hydrogens is 284 g/mol. The van der Waals surface area contributed by atoms with Crippen molar-refractivity contribution in [2.45, 2.75) is 45.6 Å². The lowest BCUT2D eigenvalue weighted by Gasteiger charge is -2.23. The summed E-state index contributed by atoms with van der Waals surface area (Å²) in [6.07, 6.45) is 5.44. The van der Waals surface area contributed by atoms with E-state index in [1.54, 1.807) is 12.4 Å². The monoisotopic (exact) mass is 310 g/mol. The number of aromatic nitrogens is 1. The van der Waals surface area contributed by atoms with Gasteiger partial charge in [-0.05, 0) is 42.9 Å². The molecule has 0 aliphatic rings. The van der Waals surface area contributed by atoms with Gasteiger partial charge in [0.25, 0.3) is 0 Å². The van der Waals surface area contributed by atoms with E-state index in [1.165, 1.54) is 5.56 Å². The van der Waals surface area contributed by atoms with Crippen molar-refractivity contribution >= 4 is 5.91 Å². The predicted octanol–water partition coefficient (Wildman–Crippen LogP) is 3.96. The van der Waals surface area contributed by atoms with E-state index in [-0.39, 0.29) is 23.8 Å². The van der Waals surface area contributed by atoms with Crippen LogP contribution in [-0.2, 0) is 11.2 Å². The van der Waals surface area contributed by atoms with Crippen LogP contribution in [0.1, 0.15) is 44.2 Å².